The number of hydrogen-bond acceptors (Lipinski definition) is 3. The second kappa shape index (κ2) is 5.25. The second-order valence-corrected chi connectivity index (χ2v) is 5.69. The van der Waals surface area contributed by atoms with Gasteiger partial charge in [-0.05, 0) is 51.8 Å². The number of hydrogen-bond donors (Lipinski definition) is 2. The molecule has 1 aromatic rings. The van der Waals surface area contributed by atoms with Gasteiger partial charge in [-0.1, -0.05) is 0 Å². The van der Waals surface area contributed by atoms with Crippen LogP contribution in [0.3, 0.4) is 0 Å². The molecule has 88 valence electrons. The minimum atomic E-state index is -0.742. The van der Waals surface area contributed by atoms with Crippen LogP contribution in [0.2, 0.25) is 0 Å². The predicted octanol–water partition coefficient (Wildman–Crippen LogP) is 1.96. The Balaban J connectivity index is 2.72. The fraction of sp³-hybridized carbons (Fsp3) is 0.400. The molecule has 1 rings (SSSR count). The maximum atomic E-state index is 11.1. The van der Waals surface area contributed by atoms with Gasteiger partial charge >= 0.3 is 0 Å². The molecule has 0 atom stereocenters. The van der Waals surface area contributed by atoms with Crippen LogP contribution >= 0.6 is 31.9 Å². The maximum absolute atomic E-state index is 11.1. The van der Waals surface area contributed by atoms with Gasteiger partial charge in [-0.15, -0.1) is 0 Å². The van der Waals surface area contributed by atoms with Crippen molar-refractivity contribution < 1.29 is 4.79 Å². The number of carbonyl (C=O) groups is 1. The van der Waals surface area contributed by atoms with E-state index in [0.29, 0.717) is 6.54 Å². The fourth-order valence-corrected chi connectivity index (χ4v) is 2.09. The molecule has 0 aliphatic heterocycles. The molecule has 0 aliphatic rings. The smallest absolute Gasteiger partial charge is 0.237 e. The molecule has 1 heterocycles. The summed E-state index contributed by atoms with van der Waals surface area (Å²) in [5.74, 6) is -0.388. The van der Waals surface area contributed by atoms with Crippen LogP contribution in [0, 0.1) is 0 Å². The third-order valence-corrected chi connectivity index (χ3v) is 3.32. The lowest BCUT2D eigenvalue weighted by atomic mass is 10.1. The van der Waals surface area contributed by atoms with E-state index < -0.39 is 5.54 Å². The average molecular weight is 351 g/mol. The molecule has 16 heavy (non-hydrogen) atoms. The summed E-state index contributed by atoms with van der Waals surface area (Å²) >= 11 is 6.73. The average Bonchev–Trinajstić information content (AvgIpc) is 2.16. The maximum Gasteiger partial charge on any atom is 0.237 e. The minimum absolute atomic E-state index is 0.388. The van der Waals surface area contributed by atoms with E-state index in [9.17, 15) is 4.79 Å². The van der Waals surface area contributed by atoms with Gasteiger partial charge in [-0.2, -0.15) is 0 Å². The number of amides is 1. The molecule has 0 unspecified atom stereocenters. The summed E-state index contributed by atoms with van der Waals surface area (Å²) < 4.78 is 1.78. The Hall–Kier alpha value is -0.460. The number of aromatic nitrogens is 1. The molecule has 0 fully saturated rings. The van der Waals surface area contributed by atoms with Gasteiger partial charge < -0.3 is 5.73 Å². The van der Waals surface area contributed by atoms with Gasteiger partial charge in [0.2, 0.25) is 5.91 Å². The summed E-state index contributed by atoms with van der Waals surface area (Å²) in [6.07, 6.45) is 1.71. The molecule has 3 N–H and O–H groups in total. The number of halogens is 2. The van der Waals surface area contributed by atoms with Crippen molar-refractivity contribution in [2.45, 2.75) is 25.9 Å². The first-order valence-electron chi connectivity index (χ1n) is 4.68. The molecule has 0 radical (unpaired) electrons. The molecule has 4 nitrogen and oxygen atoms in total. The van der Waals surface area contributed by atoms with E-state index in [1.54, 1.807) is 20.0 Å². The van der Waals surface area contributed by atoms with Crippen LogP contribution in [0.15, 0.2) is 21.2 Å². The molecule has 6 heteroatoms. The van der Waals surface area contributed by atoms with E-state index in [1.165, 1.54) is 0 Å². The van der Waals surface area contributed by atoms with Crippen molar-refractivity contribution in [3.8, 4) is 0 Å². The molecule has 0 aliphatic carbocycles. The fourth-order valence-electron chi connectivity index (χ4n) is 0.965. The van der Waals surface area contributed by atoms with Crippen LogP contribution in [0.1, 0.15) is 19.5 Å². The van der Waals surface area contributed by atoms with E-state index in [2.05, 4.69) is 42.2 Å². The third kappa shape index (κ3) is 3.54. The monoisotopic (exact) mass is 349 g/mol. The molecular weight excluding hydrogens is 338 g/mol. The van der Waals surface area contributed by atoms with Crippen molar-refractivity contribution in [2.24, 2.45) is 5.73 Å². The largest absolute Gasteiger partial charge is 0.368 e. The van der Waals surface area contributed by atoms with E-state index in [1.807, 2.05) is 6.07 Å². The van der Waals surface area contributed by atoms with Crippen molar-refractivity contribution >= 4 is 37.8 Å². The minimum Gasteiger partial charge on any atom is -0.368 e. The lowest BCUT2D eigenvalue weighted by Crippen LogP contribution is -2.50. The Morgan fingerprint density at radius 2 is 2.19 bits per heavy atom. The molecular formula is C10H13Br2N3O. The molecule has 0 saturated carbocycles. The highest BCUT2D eigenvalue weighted by Gasteiger charge is 2.24. The zero-order valence-corrected chi connectivity index (χ0v) is 12.2. The summed E-state index contributed by atoms with van der Waals surface area (Å²) in [5, 5.41) is 3.05. The predicted molar refractivity (Wildman–Crippen MR) is 69.8 cm³/mol. The number of carbonyl (C=O) groups excluding carboxylic acids is 1. The van der Waals surface area contributed by atoms with Crippen molar-refractivity contribution in [1.82, 2.24) is 10.3 Å². The van der Waals surface area contributed by atoms with Crippen LogP contribution in [-0.2, 0) is 11.3 Å². The van der Waals surface area contributed by atoms with E-state index in [4.69, 9.17) is 5.73 Å². The Morgan fingerprint density at radius 1 is 1.56 bits per heavy atom. The van der Waals surface area contributed by atoms with Gasteiger partial charge in [0.25, 0.3) is 0 Å². The SMILES string of the molecule is CC(C)(NCc1ncc(Br)cc1Br)C(N)=O. The van der Waals surface area contributed by atoms with Crippen molar-refractivity contribution in [3.63, 3.8) is 0 Å². The number of rotatable bonds is 4. The van der Waals surface area contributed by atoms with Crippen molar-refractivity contribution in [3.05, 3.63) is 26.9 Å². The van der Waals surface area contributed by atoms with Crippen LogP contribution < -0.4 is 11.1 Å². The lowest BCUT2D eigenvalue weighted by Gasteiger charge is -2.22. The molecule has 1 amide bonds. The van der Waals surface area contributed by atoms with Gasteiger partial charge in [-0.25, -0.2) is 0 Å². The van der Waals surface area contributed by atoms with Crippen molar-refractivity contribution in [1.29, 1.82) is 0 Å². The van der Waals surface area contributed by atoms with Gasteiger partial charge in [0.1, 0.15) is 0 Å². The number of primary amides is 1. The van der Waals surface area contributed by atoms with Crippen LogP contribution in [-0.4, -0.2) is 16.4 Å². The quantitative estimate of drug-likeness (QED) is 0.872. The number of pyridine rings is 1. The van der Waals surface area contributed by atoms with E-state index >= 15 is 0 Å². The molecule has 0 aromatic carbocycles. The Morgan fingerprint density at radius 3 is 2.69 bits per heavy atom. The Kier molecular flexibility index (Phi) is 4.46. The zero-order valence-electron chi connectivity index (χ0n) is 9.05. The first-order valence-corrected chi connectivity index (χ1v) is 6.26. The summed E-state index contributed by atoms with van der Waals surface area (Å²) in [6, 6.07) is 1.90. The summed E-state index contributed by atoms with van der Waals surface area (Å²) in [7, 11) is 0. The van der Waals surface area contributed by atoms with Gasteiger partial charge in [0.15, 0.2) is 0 Å². The van der Waals surface area contributed by atoms with Crippen LogP contribution in [0.25, 0.3) is 0 Å². The number of nitrogens with one attached hydrogen (secondary N) is 1. The molecule has 0 spiro atoms. The van der Waals surface area contributed by atoms with E-state index in [0.717, 1.165) is 14.6 Å². The summed E-state index contributed by atoms with van der Waals surface area (Å²) in [4.78, 5) is 15.3. The summed E-state index contributed by atoms with van der Waals surface area (Å²) in [5.41, 5.74) is 5.34. The van der Waals surface area contributed by atoms with Crippen LogP contribution in [0.5, 0.6) is 0 Å². The Bertz CT molecular complexity index is 407. The van der Waals surface area contributed by atoms with Gasteiger partial charge in [0, 0.05) is 21.7 Å². The zero-order chi connectivity index (χ0) is 12.3. The Labute approximate surface area is 111 Å². The topological polar surface area (TPSA) is 68.0 Å². The first kappa shape index (κ1) is 13.6. The van der Waals surface area contributed by atoms with Crippen molar-refractivity contribution in [2.75, 3.05) is 0 Å². The highest BCUT2D eigenvalue weighted by Crippen LogP contribution is 2.19. The molecule has 0 bridgehead atoms. The second-order valence-electron chi connectivity index (χ2n) is 3.92. The highest BCUT2D eigenvalue weighted by molar-refractivity contribution is 9.11. The number of nitrogens with two attached hydrogens (primary N) is 1. The standard InChI is InChI=1S/C10H13Br2N3O/c1-10(2,9(13)16)15-5-8-7(12)3-6(11)4-14-8/h3-4,15H,5H2,1-2H3,(H2,13,16). The molecule has 1 aromatic heterocycles. The normalized spacial score (nSPS) is 11.5. The first-order chi connectivity index (χ1) is 7.33. The lowest BCUT2D eigenvalue weighted by molar-refractivity contribution is -0.123. The van der Waals surface area contributed by atoms with Crippen LogP contribution in [0.4, 0.5) is 0 Å². The van der Waals surface area contributed by atoms with E-state index in [-0.39, 0.29) is 5.91 Å². The highest BCUT2D eigenvalue weighted by atomic mass is 79.9. The molecule has 0 saturated heterocycles. The van der Waals surface area contributed by atoms with Gasteiger partial charge in [-0.3, -0.25) is 15.1 Å². The third-order valence-electron chi connectivity index (χ3n) is 2.20. The van der Waals surface area contributed by atoms with Gasteiger partial charge in [0.05, 0.1) is 11.2 Å². The number of nitrogens with zero attached hydrogens (tertiary/aromatic N) is 1. The summed E-state index contributed by atoms with van der Waals surface area (Å²) in [6.45, 7) is 3.95.